The largest absolute Gasteiger partial charge is 0.477 e. The van der Waals surface area contributed by atoms with E-state index in [2.05, 4.69) is 20.8 Å². The number of aromatic nitrogens is 2. The lowest BCUT2D eigenvalue weighted by atomic mass is 9.94. The zero-order valence-corrected chi connectivity index (χ0v) is 19.2. The Hall–Kier alpha value is -2.43. The second-order valence-electron chi connectivity index (χ2n) is 9.01. The summed E-state index contributed by atoms with van der Waals surface area (Å²) in [5.41, 5.74) is 5.61. The highest BCUT2D eigenvalue weighted by atomic mass is 32.2. The van der Waals surface area contributed by atoms with Gasteiger partial charge in [-0.2, -0.15) is 5.10 Å². The van der Waals surface area contributed by atoms with Crippen LogP contribution < -0.4 is 15.2 Å². The Bertz CT molecular complexity index is 1200. The molecule has 10 heteroatoms. The molecule has 0 saturated carbocycles. The molecule has 3 aliphatic rings. The zero-order chi connectivity index (χ0) is 22.5. The minimum absolute atomic E-state index is 0.153. The summed E-state index contributed by atoms with van der Waals surface area (Å²) in [6.45, 7) is 3.75. The third-order valence-corrected chi connectivity index (χ3v) is 7.93. The normalized spacial score (nSPS) is 23.0. The third kappa shape index (κ3) is 3.70. The molecule has 1 aromatic heterocycles. The molecule has 32 heavy (non-hydrogen) atoms. The summed E-state index contributed by atoms with van der Waals surface area (Å²) in [5, 5.41) is 13.2. The van der Waals surface area contributed by atoms with Crippen molar-refractivity contribution < 1.29 is 18.5 Å². The van der Waals surface area contributed by atoms with Crippen molar-refractivity contribution in [1.29, 1.82) is 0 Å². The Morgan fingerprint density at radius 1 is 1.41 bits per heavy atom. The van der Waals surface area contributed by atoms with Crippen LogP contribution >= 0.6 is 0 Å². The van der Waals surface area contributed by atoms with Crippen LogP contribution in [0.25, 0.3) is 0 Å². The number of amides is 2. The molecule has 0 radical (unpaired) electrons. The van der Waals surface area contributed by atoms with Crippen LogP contribution in [-0.4, -0.2) is 40.3 Å². The quantitative estimate of drug-likeness (QED) is 0.728. The number of benzene rings is 1. The molecule has 0 bridgehead atoms. The molecular weight excluding hydrogens is 430 g/mol. The number of carbonyl (C=O) groups excluding carboxylic acids is 1. The van der Waals surface area contributed by atoms with Crippen LogP contribution in [0.2, 0.25) is 0 Å². The highest BCUT2D eigenvalue weighted by molar-refractivity contribution is 7.91. The van der Waals surface area contributed by atoms with Crippen molar-refractivity contribution in [1.82, 2.24) is 9.78 Å². The van der Waals surface area contributed by atoms with Crippen molar-refractivity contribution in [2.45, 2.75) is 56.4 Å². The molecule has 1 aliphatic heterocycles. The van der Waals surface area contributed by atoms with Gasteiger partial charge in [-0.25, -0.2) is 18.8 Å². The van der Waals surface area contributed by atoms with Crippen LogP contribution in [0.4, 0.5) is 10.5 Å². The molecule has 2 heterocycles. The number of hydrogen-bond acceptors (Lipinski definition) is 5. The average Bonchev–Trinajstić information content (AvgIpc) is 3.46. The second-order valence-corrected chi connectivity index (χ2v) is 10.8. The number of nitrogens with two attached hydrogens (primary N) is 1. The number of nitrogens with zero attached hydrogens (tertiary/aromatic N) is 3. The summed E-state index contributed by atoms with van der Waals surface area (Å²) >= 11 is 0. The van der Waals surface area contributed by atoms with Gasteiger partial charge in [0, 0.05) is 24.6 Å². The Balaban J connectivity index is 1.49. The molecule has 9 nitrogen and oxygen atoms in total. The van der Waals surface area contributed by atoms with E-state index in [9.17, 15) is 9.00 Å². The van der Waals surface area contributed by atoms with Gasteiger partial charge < -0.3 is 14.8 Å². The minimum atomic E-state index is -3.52. The second kappa shape index (κ2) is 8.17. The number of hydrogen-bond donors (Lipinski definition) is 2. The number of nitrogens with one attached hydrogen (secondary N) is 1. The van der Waals surface area contributed by atoms with Gasteiger partial charge in [0.15, 0.2) is 9.92 Å². The predicted molar refractivity (Wildman–Crippen MR) is 120 cm³/mol. The summed E-state index contributed by atoms with van der Waals surface area (Å²) in [6, 6.07) is 1.57. The van der Waals surface area contributed by atoms with E-state index < -0.39 is 15.9 Å². The van der Waals surface area contributed by atoms with Gasteiger partial charge in [0.05, 0.1) is 26.0 Å². The summed E-state index contributed by atoms with van der Waals surface area (Å²) < 4.78 is 29.9. The lowest BCUT2D eigenvalue weighted by Crippen LogP contribution is -2.25. The average molecular weight is 460 g/mol. The fraction of sp³-hybridized carbons (Fsp3) is 0.545. The van der Waals surface area contributed by atoms with E-state index in [4.69, 9.17) is 14.6 Å². The number of urea groups is 1. The standard InChI is InChI=1S/C22H29N5O4S/c1-13-10-27-21(31-11-13)18(9-24-27)32(23,29)26-22(28)25-20-17-5-3-4-14(17)8-15-6-7-16(12-30-2)19(15)20/h8-9,13,16H,3-7,10-12H2,1-2H3,(H3,23,25,26,28,29)/t13-,16+,32-/m0/s1. The highest BCUT2D eigenvalue weighted by Gasteiger charge is 2.32. The SMILES string of the molecule is COC[C@H]1CCc2cc3c(c(NC(=O)N=[S@](N)(=O)c4cnn5c4OC[C@@H](C)C5)c21)CCC3. The molecule has 0 saturated heterocycles. The van der Waals surface area contributed by atoms with Gasteiger partial charge in [0.25, 0.3) is 0 Å². The lowest BCUT2D eigenvalue weighted by molar-refractivity contribution is 0.171. The van der Waals surface area contributed by atoms with Crippen LogP contribution in [0, 0.1) is 5.92 Å². The summed E-state index contributed by atoms with van der Waals surface area (Å²) in [5.74, 6) is 0.831. The van der Waals surface area contributed by atoms with E-state index in [1.54, 1.807) is 11.8 Å². The Morgan fingerprint density at radius 2 is 2.25 bits per heavy atom. The first-order valence-corrected chi connectivity index (χ1v) is 12.7. The molecule has 2 amide bonds. The topological polar surface area (TPSA) is 121 Å². The van der Waals surface area contributed by atoms with Gasteiger partial charge in [-0.05, 0) is 54.4 Å². The maximum absolute atomic E-state index is 13.2. The van der Waals surface area contributed by atoms with Crippen molar-refractivity contribution in [3.05, 3.63) is 34.5 Å². The van der Waals surface area contributed by atoms with Crippen LogP contribution in [0.15, 0.2) is 21.5 Å². The van der Waals surface area contributed by atoms with Crippen LogP contribution in [0.1, 0.15) is 47.9 Å². The first-order valence-electron chi connectivity index (χ1n) is 11.1. The van der Waals surface area contributed by atoms with Crippen LogP contribution in [0.5, 0.6) is 5.88 Å². The number of methoxy groups -OCH3 is 1. The number of rotatable bonds is 4. The van der Waals surface area contributed by atoms with Crippen molar-refractivity contribution in [3.8, 4) is 5.88 Å². The molecule has 3 N–H and O–H groups in total. The van der Waals surface area contributed by atoms with Gasteiger partial charge in [-0.3, -0.25) is 0 Å². The molecule has 0 fully saturated rings. The molecule has 0 unspecified atom stereocenters. The highest BCUT2D eigenvalue weighted by Crippen LogP contribution is 2.44. The molecule has 2 aromatic rings. The van der Waals surface area contributed by atoms with E-state index in [-0.39, 0.29) is 16.7 Å². The number of ether oxygens (including phenoxy) is 2. The molecule has 3 atom stereocenters. The molecule has 5 rings (SSSR count). The van der Waals surface area contributed by atoms with Crippen LogP contribution in [0.3, 0.4) is 0 Å². The number of anilines is 1. The van der Waals surface area contributed by atoms with Gasteiger partial charge in [0.2, 0.25) is 5.88 Å². The number of fused-ring (bicyclic) bond motifs is 3. The maximum Gasteiger partial charge on any atom is 0.354 e. The zero-order valence-electron chi connectivity index (χ0n) is 18.4. The Labute approximate surface area is 188 Å². The molecular formula is C22H29N5O4S. The fourth-order valence-corrected chi connectivity index (χ4v) is 6.19. The lowest BCUT2D eigenvalue weighted by Gasteiger charge is -2.21. The van der Waals surface area contributed by atoms with Crippen LogP contribution in [-0.2, 0) is 40.5 Å². The number of aryl methyl sites for hydroxylation is 2. The monoisotopic (exact) mass is 459 g/mol. The maximum atomic E-state index is 13.2. The molecule has 0 spiro atoms. The summed E-state index contributed by atoms with van der Waals surface area (Å²) in [6.07, 6.45) is 6.29. The molecule has 1 aromatic carbocycles. The van der Waals surface area contributed by atoms with Crippen molar-refractivity contribution in [3.63, 3.8) is 0 Å². The molecule has 172 valence electrons. The van der Waals surface area contributed by atoms with Crippen molar-refractivity contribution >= 4 is 21.6 Å². The van der Waals surface area contributed by atoms with E-state index in [0.717, 1.165) is 48.9 Å². The summed E-state index contributed by atoms with van der Waals surface area (Å²) in [4.78, 5) is 13.1. The van der Waals surface area contributed by atoms with Gasteiger partial charge >= 0.3 is 6.03 Å². The van der Waals surface area contributed by atoms with Crippen molar-refractivity contribution in [2.75, 3.05) is 25.6 Å². The minimum Gasteiger partial charge on any atom is -0.477 e. The Kier molecular flexibility index (Phi) is 5.47. The van der Waals surface area contributed by atoms with Crippen molar-refractivity contribution in [2.24, 2.45) is 15.4 Å². The van der Waals surface area contributed by atoms with E-state index in [1.807, 2.05) is 6.92 Å². The first-order chi connectivity index (χ1) is 15.4. The fourth-order valence-electron chi connectivity index (χ4n) is 5.19. The first kappa shape index (κ1) is 21.4. The predicted octanol–water partition coefficient (Wildman–Crippen LogP) is 3.01. The summed E-state index contributed by atoms with van der Waals surface area (Å²) in [7, 11) is -1.82. The molecule has 2 aliphatic carbocycles. The number of carbonyl (C=O) groups is 1. The smallest absolute Gasteiger partial charge is 0.354 e. The van der Waals surface area contributed by atoms with E-state index in [1.165, 1.54) is 17.3 Å². The van der Waals surface area contributed by atoms with Gasteiger partial charge in [0.1, 0.15) is 4.90 Å². The van der Waals surface area contributed by atoms with Gasteiger partial charge in [-0.1, -0.05) is 13.0 Å². The third-order valence-electron chi connectivity index (χ3n) is 6.58. The van der Waals surface area contributed by atoms with Gasteiger partial charge in [-0.15, -0.1) is 4.36 Å². The van der Waals surface area contributed by atoms with E-state index in [0.29, 0.717) is 25.6 Å². The Morgan fingerprint density at radius 3 is 3.06 bits per heavy atom. The van der Waals surface area contributed by atoms with E-state index >= 15 is 0 Å².